The number of hydrogen-bond donors (Lipinski definition) is 0. The van der Waals surface area contributed by atoms with Gasteiger partial charge in [0.15, 0.2) is 0 Å². The molecule has 0 spiro atoms. The van der Waals surface area contributed by atoms with Crippen molar-refractivity contribution >= 4 is 11.7 Å². The summed E-state index contributed by atoms with van der Waals surface area (Å²) in [6.07, 6.45) is 3.00. The molecule has 35 heavy (non-hydrogen) atoms. The van der Waals surface area contributed by atoms with E-state index in [4.69, 9.17) is 19.4 Å². The molecule has 0 aliphatic carbocycles. The number of morpholine rings is 1. The molecule has 0 saturated carbocycles. The van der Waals surface area contributed by atoms with Gasteiger partial charge in [0.1, 0.15) is 17.4 Å². The summed E-state index contributed by atoms with van der Waals surface area (Å²) >= 11 is 0. The molecule has 3 heterocycles. The lowest BCUT2D eigenvalue weighted by Gasteiger charge is -2.35. The summed E-state index contributed by atoms with van der Waals surface area (Å²) in [5.74, 6) is 3.21. The van der Waals surface area contributed by atoms with Crippen LogP contribution in [-0.2, 0) is 28.9 Å². The predicted octanol–water partition coefficient (Wildman–Crippen LogP) is 4.26. The zero-order valence-corrected chi connectivity index (χ0v) is 22.0. The summed E-state index contributed by atoms with van der Waals surface area (Å²) in [5, 5.41) is 0. The molecule has 1 aromatic heterocycles. The number of hydrogen-bond acceptors (Lipinski definition) is 6. The van der Waals surface area contributed by atoms with E-state index in [1.165, 1.54) is 0 Å². The molecular weight excluding hydrogens is 440 g/mol. The third-order valence-corrected chi connectivity index (χ3v) is 6.77. The third kappa shape index (κ3) is 6.51. The molecule has 7 nitrogen and oxygen atoms in total. The number of amides is 1. The summed E-state index contributed by atoms with van der Waals surface area (Å²) in [7, 11) is 1.69. The molecule has 1 saturated heterocycles. The van der Waals surface area contributed by atoms with E-state index in [0.29, 0.717) is 45.1 Å². The predicted molar refractivity (Wildman–Crippen MR) is 138 cm³/mol. The van der Waals surface area contributed by atoms with Crippen molar-refractivity contribution in [3.63, 3.8) is 0 Å². The molecule has 0 N–H and O–H groups in total. The molecule has 0 radical (unpaired) electrons. The quantitative estimate of drug-likeness (QED) is 0.590. The Bertz CT molecular complexity index is 1030. The van der Waals surface area contributed by atoms with Crippen LogP contribution in [0.2, 0.25) is 0 Å². The van der Waals surface area contributed by atoms with E-state index in [1.54, 1.807) is 7.11 Å². The van der Waals surface area contributed by atoms with Gasteiger partial charge in [0.25, 0.3) is 0 Å². The topological polar surface area (TPSA) is 67.8 Å². The molecule has 2 aromatic rings. The molecular formula is C28H40N4O3. The summed E-state index contributed by atoms with van der Waals surface area (Å²) in [4.78, 5) is 27.5. The second-order valence-electron chi connectivity index (χ2n) is 11.1. The monoisotopic (exact) mass is 480 g/mol. The highest BCUT2D eigenvalue weighted by molar-refractivity contribution is 5.77. The fraction of sp³-hybridized carbons (Fsp3) is 0.607. The Balaban J connectivity index is 1.58. The number of nitrogens with zero attached hydrogens (tertiary/aromatic N) is 4. The Kier molecular flexibility index (Phi) is 7.95. The van der Waals surface area contributed by atoms with Gasteiger partial charge >= 0.3 is 0 Å². The number of carbonyl (C=O) groups is 1. The van der Waals surface area contributed by atoms with Crippen molar-refractivity contribution in [2.75, 3.05) is 44.9 Å². The van der Waals surface area contributed by atoms with Gasteiger partial charge in [-0.15, -0.1) is 0 Å². The van der Waals surface area contributed by atoms with Crippen LogP contribution in [0.1, 0.15) is 63.2 Å². The first-order valence-electron chi connectivity index (χ1n) is 12.8. The number of benzene rings is 1. The van der Waals surface area contributed by atoms with Crippen LogP contribution < -0.4 is 9.64 Å². The summed E-state index contributed by atoms with van der Waals surface area (Å²) in [6.45, 7) is 13.2. The molecule has 2 aliphatic heterocycles. The number of para-hydroxylation sites is 1. The van der Waals surface area contributed by atoms with E-state index in [9.17, 15) is 4.79 Å². The summed E-state index contributed by atoms with van der Waals surface area (Å²) in [5.41, 5.74) is 3.46. The largest absolute Gasteiger partial charge is 0.496 e. The van der Waals surface area contributed by atoms with Crippen LogP contribution in [0.25, 0.3) is 0 Å². The van der Waals surface area contributed by atoms with E-state index >= 15 is 0 Å². The SMILES string of the molecule is COc1ccccc1Cc1nc2c(c(N3CCOCC3)n1)CN(C(=O)CC(C)CC(C)(C)C)CC2. The minimum Gasteiger partial charge on any atom is -0.496 e. The molecule has 2 aliphatic rings. The Hall–Kier alpha value is -2.67. The number of anilines is 1. The average Bonchev–Trinajstić information content (AvgIpc) is 2.83. The summed E-state index contributed by atoms with van der Waals surface area (Å²) < 4.78 is 11.2. The lowest BCUT2D eigenvalue weighted by Crippen LogP contribution is -2.41. The van der Waals surface area contributed by atoms with E-state index in [2.05, 4.69) is 38.7 Å². The van der Waals surface area contributed by atoms with Crippen LogP contribution in [0, 0.1) is 11.3 Å². The normalized spacial score (nSPS) is 17.2. The van der Waals surface area contributed by atoms with E-state index in [1.807, 2.05) is 23.1 Å². The van der Waals surface area contributed by atoms with Crippen molar-refractivity contribution in [1.82, 2.24) is 14.9 Å². The molecule has 190 valence electrons. The van der Waals surface area contributed by atoms with Crippen LogP contribution in [0.4, 0.5) is 5.82 Å². The first-order valence-corrected chi connectivity index (χ1v) is 12.8. The van der Waals surface area contributed by atoms with Gasteiger partial charge in [-0.2, -0.15) is 0 Å². The fourth-order valence-electron chi connectivity index (χ4n) is 5.34. The maximum absolute atomic E-state index is 13.2. The maximum Gasteiger partial charge on any atom is 0.223 e. The number of fused-ring (bicyclic) bond motifs is 1. The number of rotatable bonds is 7. The van der Waals surface area contributed by atoms with Gasteiger partial charge in [-0.3, -0.25) is 4.79 Å². The Morgan fingerprint density at radius 3 is 2.60 bits per heavy atom. The Labute approximate surface area is 209 Å². The second-order valence-corrected chi connectivity index (χ2v) is 11.1. The fourth-order valence-corrected chi connectivity index (χ4v) is 5.34. The third-order valence-electron chi connectivity index (χ3n) is 6.77. The van der Waals surface area contributed by atoms with Crippen molar-refractivity contribution in [2.45, 2.75) is 59.9 Å². The van der Waals surface area contributed by atoms with Crippen molar-refractivity contribution in [1.29, 1.82) is 0 Å². The Morgan fingerprint density at radius 1 is 1.14 bits per heavy atom. The van der Waals surface area contributed by atoms with E-state index in [0.717, 1.165) is 60.1 Å². The molecule has 1 fully saturated rings. The lowest BCUT2D eigenvalue weighted by molar-refractivity contribution is -0.133. The molecule has 1 aromatic carbocycles. The van der Waals surface area contributed by atoms with Gasteiger partial charge in [-0.1, -0.05) is 45.9 Å². The maximum atomic E-state index is 13.2. The first-order chi connectivity index (χ1) is 16.7. The van der Waals surface area contributed by atoms with Gasteiger partial charge in [0.05, 0.1) is 32.6 Å². The molecule has 1 amide bonds. The lowest BCUT2D eigenvalue weighted by atomic mass is 9.84. The number of methoxy groups -OCH3 is 1. The molecule has 0 bridgehead atoms. The van der Waals surface area contributed by atoms with Crippen LogP contribution in [-0.4, -0.2) is 60.7 Å². The van der Waals surface area contributed by atoms with Gasteiger partial charge in [-0.25, -0.2) is 9.97 Å². The molecule has 1 atom stereocenters. The highest BCUT2D eigenvalue weighted by atomic mass is 16.5. The van der Waals surface area contributed by atoms with Crippen molar-refractivity contribution < 1.29 is 14.3 Å². The minimum absolute atomic E-state index is 0.226. The van der Waals surface area contributed by atoms with Crippen LogP contribution in [0.15, 0.2) is 24.3 Å². The molecule has 4 rings (SSSR count). The van der Waals surface area contributed by atoms with E-state index in [-0.39, 0.29) is 11.3 Å². The number of aromatic nitrogens is 2. The van der Waals surface area contributed by atoms with Gasteiger partial charge < -0.3 is 19.3 Å². The van der Waals surface area contributed by atoms with Gasteiger partial charge in [-0.05, 0) is 23.8 Å². The molecule has 1 unspecified atom stereocenters. The zero-order chi connectivity index (χ0) is 25.0. The highest BCUT2D eigenvalue weighted by Gasteiger charge is 2.29. The van der Waals surface area contributed by atoms with Crippen molar-refractivity contribution in [3.05, 3.63) is 46.9 Å². The van der Waals surface area contributed by atoms with Crippen LogP contribution >= 0.6 is 0 Å². The zero-order valence-electron chi connectivity index (χ0n) is 22.0. The first kappa shape index (κ1) is 25.4. The standard InChI is InChI=1S/C28H40N4O3/c1-20(18-28(2,3)4)16-26(33)32-11-10-23-22(19-32)27(31-12-14-35-15-13-31)30-25(29-23)17-21-8-6-7-9-24(21)34-5/h6-9,20H,10-19H2,1-5H3. The van der Waals surface area contributed by atoms with E-state index < -0.39 is 0 Å². The van der Waals surface area contributed by atoms with Crippen LogP contribution in [0.3, 0.4) is 0 Å². The molecule has 7 heteroatoms. The minimum atomic E-state index is 0.226. The average molecular weight is 481 g/mol. The van der Waals surface area contributed by atoms with Crippen molar-refractivity contribution in [2.24, 2.45) is 11.3 Å². The highest BCUT2D eigenvalue weighted by Crippen LogP contribution is 2.31. The number of ether oxygens (including phenoxy) is 2. The Morgan fingerprint density at radius 2 is 1.89 bits per heavy atom. The number of carbonyl (C=O) groups excluding carboxylic acids is 1. The summed E-state index contributed by atoms with van der Waals surface area (Å²) in [6, 6.07) is 8.03. The van der Waals surface area contributed by atoms with Gasteiger partial charge in [0.2, 0.25) is 5.91 Å². The van der Waals surface area contributed by atoms with Crippen LogP contribution in [0.5, 0.6) is 5.75 Å². The van der Waals surface area contributed by atoms with Crippen molar-refractivity contribution in [3.8, 4) is 5.75 Å². The second kappa shape index (κ2) is 10.9. The smallest absolute Gasteiger partial charge is 0.223 e. The van der Waals surface area contributed by atoms with Gasteiger partial charge in [0, 0.05) is 50.0 Å².